The Labute approximate surface area is 102 Å². The van der Waals surface area contributed by atoms with Crippen molar-refractivity contribution in [3.63, 3.8) is 0 Å². The summed E-state index contributed by atoms with van der Waals surface area (Å²) >= 11 is 4.96. The number of nitrogens with two attached hydrogens (primary N) is 1. The van der Waals surface area contributed by atoms with Crippen LogP contribution in [-0.2, 0) is 0 Å². The van der Waals surface area contributed by atoms with Crippen molar-refractivity contribution < 1.29 is 4.74 Å². The Hall–Kier alpha value is -1.09. The molecule has 0 aliphatic heterocycles. The lowest BCUT2D eigenvalue weighted by atomic mass is 10.0. The summed E-state index contributed by atoms with van der Waals surface area (Å²) in [5, 5.41) is 0. The van der Waals surface area contributed by atoms with Gasteiger partial charge in [0.15, 0.2) is 0 Å². The lowest BCUT2D eigenvalue weighted by Gasteiger charge is -2.16. The van der Waals surface area contributed by atoms with E-state index in [0.29, 0.717) is 4.99 Å². The molecule has 2 rings (SSSR count). The highest BCUT2D eigenvalue weighted by Crippen LogP contribution is 2.49. The van der Waals surface area contributed by atoms with Gasteiger partial charge in [-0.2, -0.15) is 0 Å². The number of benzene rings is 1. The fourth-order valence-corrected chi connectivity index (χ4v) is 2.17. The standard InChI is InChI=1S/C13H17NOS/c1-10-4-2-3-5-11(10)15-9-13(6-7-13)8-12(14)16/h2-5H,6-9H2,1H3,(H2,14,16). The Morgan fingerprint density at radius 3 is 2.69 bits per heavy atom. The van der Waals surface area contributed by atoms with Crippen LogP contribution in [0.4, 0.5) is 0 Å². The quantitative estimate of drug-likeness (QED) is 0.797. The van der Waals surface area contributed by atoms with Crippen LogP contribution in [0.15, 0.2) is 24.3 Å². The van der Waals surface area contributed by atoms with Crippen LogP contribution in [0.5, 0.6) is 5.75 Å². The van der Waals surface area contributed by atoms with Crippen LogP contribution in [0, 0.1) is 12.3 Å². The van der Waals surface area contributed by atoms with Crippen LogP contribution in [0.1, 0.15) is 24.8 Å². The molecule has 1 aromatic carbocycles. The number of rotatable bonds is 5. The van der Waals surface area contributed by atoms with E-state index in [0.717, 1.165) is 18.8 Å². The van der Waals surface area contributed by atoms with E-state index < -0.39 is 0 Å². The number of thiocarbonyl (C=S) groups is 1. The molecule has 86 valence electrons. The highest BCUT2D eigenvalue weighted by atomic mass is 32.1. The van der Waals surface area contributed by atoms with Crippen LogP contribution >= 0.6 is 12.2 Å². The van der Waals surface area contributed by atoms with Gasteiger partial charge in [0.2, 0.25) is 0 Å². The van der Waals surface area contributed by atoms with E-state index in [9.17, 15) is 0 Å². The van der Waals surface area contributed by atoms with Gasteiger partial charge in [-0.3, -0.25) is 0 Å². The lowest BCUT2D eigenvalue weighted by Crippen LogP contribution is -2.21. The maximum absolute atomic E-state index is 5.85. The van der Waals surface area contributed by atoms with Crippen LogP contribution in [0.2, 0.25) is 0 Å². The third-order valence-electron chi connectivity index (χ3n) is 3.13. The molecule has 0 radical (unpaired) electrons. The minimum atomic E-state index is 0.230. The van der Waals surface area contributed by atoms with Gasteiger partial charge in [-0.1, -0.05) is 30.4 Å². The van der Waals surface area contributed by atoms with Crippen molar-refractivity contribution in [3.05, 3.63) is 29.8 Å². The molecule has 1 aliphatic carbocycles. The molecule has 1 fully saturated rings. The first kappa shape index (κ1) is 11.4. The van der Waals surface area contributed by atoms with E-state index in [4.69, 9.17) is 22.7 Å². The summed E-state index contributed by atoms with van der Waals surface area (Å²) in [6.45, 7) is 2.79. The van der Waals surface area contributed by atoms with Gasteiger partial charge in [0.05, 0.1) is 11.6 Å². The number of aryl methyl sites for hydroxylation is 1. The Kier molecular flexibility index (Phi) is 3.15. The number of hydrogen-bond acceptors (Lipinski definition) is 2. The van der Waals surface area contributed by atoms with Gasteiger partial charge in [-0.15, -0.1) is 0 Å². The van der Waals surface area contributed by atoms with Gasteiger partial charge in [-0.25, -0.2) is 0 Å². The second-order valence-corrected chi connectivity index (χ2v) is 5.22. The topological polar surface area (TPSA) is 35.2 Å². The van der Waals surface area contributed by atoms with Crippen molar-refractivity contribution in [1.82, 2.24) is 0 Å². The fraction of sp³-hybridized carbons (Fsp3) is 0.462. The highest BCUT2D eigenvalue weighted by molar-refractivity contribution is 7.80. The smallest absolute Gasteiger partial charge is 0.122 e. The maximum Gasteiger partial charge on any atom is 0.122 e. The van der Waals surface area contributed by atoms with E-state index in [1.165, 1.54) is 18.4 Å². The number of hydrogen-bond donors (Lipinski definition) is 1. The average molecular weight is 235 g/mol. The molecule has 0 aromatic heterocycles. The molecule has 2 nitrogen and oxygen atoms in total. The molecular weight excluding hydrogens is 218 g/mol. The zero-order valence-electron chi connectivity index (χ0n) is 9.53. The van der Waals surface area contributed by atoms with Crippen LogP contribution in [0.3, 0.4) is 0 Å². The van der Waals surface area contributed by atoms with Crippen molar-refractivity contribution in [2.24, 2.45) is 11.1 Å². The lowest BCUT2D eigenvalue weighted by molar-refractivity contribution is 0.238. The summed E-state index contributed by atoms with van der Waals surface area (Å²) < 4.78 is 5.85. The van der Waals surface area contributed by atoms with Crippen molar-refractivity contribution >= 4 is 17.2 Å². The molecule has 0 bridgehead atoms. The van der Waals surface area contributed by atoms with Crippen LogP contribution in [-0.4, -0.2) is 11.6 Å². The number of ether oxygens (including phenoxy) is 1. The second kappa shape index (κ2) is 4.42. The molecule has 0 spiro atoms. The molecule has 16 heavy (non-hydrogen) atoms. The molecule has 1 aliphatic rings. The van der Waals surface area contributed by atoms with Gasteiger partial charge in [0.1, 0.15) is 5.75 Å². The molecule has 0 saturated heterocycles. The van der Waals surface area contributed by atoms with E-state index in [2.05, 4.69) is 13.0 Å². The second-order valence-electron chi connectivity index (χ2n) is 4.70. The van der Waals surface area contributed by atoms with Crippen LogP contribution in [0.25, 0.3) is 0 Å². The molecule has 0 atom stereocenters. The van der Waals surface area contributed by atoms with Gasteiger partial charge >= 0.3 is 0 Å². The Balaban J connectivity index is 1.93. The summed E-state index contributed by atoms with van der Waals surface area (Å²) in [4.78, 5) is 0.603. The highest BCUT2D eigenvalue weighted by Gasteiger charge is 2.43. The first-order valence-electron chi connectivity index (χ1n) is 5.58. The molecular formula is C13H17NOS. The largest absolute Gasteiger partial charge is 0.493 e. The SMILES string of the molecule is Cc1ccccc1OCC1(CC(N)=S)CC1. The van der Waals surface area contributed by atoms with Gasteiger partial charge in [0, 0.05) is 11.8 Å². The van der Waals surface area contributed by atoms with E-state index in [1.54, 1.807) is 0 Å². The van der Waals surface area contributed by atoms with Crippen molar-refractivity contribution in [2.45, 2.75) is 26.2 Å². The molecule has 1 saturated carbocycles. The molecule has 1 aromatic rings. The van der Waals surface area contributed by atoms with E-state index >= 15 is 0 Å². The Morgan fingerprint density at radius 1 is 1.44 bits per heavy atom. The first-order chi connectivity index (χ1) is 7.61. The van der Waals surface area contributed by atoms with Crippen molar-refractivity contribution in [3.8, 4) is 5.75 Å². The molecule has 0 heterocycles. The van der Waals surface area contributed by atoms with Gasteiger partial charge in [0.25, 0.3) is 0 Å². The summed E-state index contributed by atoms with van der Waals surface area (Å²) in [5.74, 6) is 0.969. The third kappa shape index (κ3) is 2.73. The molecule has 2 N–H and O–H groups in total. The summed E-state index contributed by atoms with van der Waals surface area (Å²) in [7, 11) is 0. The summed E-state index contributed by atoms with van der Waals surface area (Å²) in [5.41, 5.74) is 7.00. The van der Waals surface area contributed by atoms with Gasteiger partial charge < -0.3 is 10.5 Å². The number of para-hydroxylation sites is 1. The maximum atomic E-state index is 5.85. The van der Waals surface area contributed by atoms with Gasteiger partial charge in [-0.05, 0) is 31.4 Å². The Morgan fingerprint density at radius 2 is 2.12 bits per heavy atom. The predicted octanol–water partition coefficient (Wildman–Crippen LogP) is 2.83. The van der Waals surface area contributed by atoms with Crippen molar-refractivity contribution in [1.29, 1.82) is 0 Å². The summed E-state index contributed by atoms with van der Waals surface area (Å²) in [6.07, 6.45) is 3.17. The minimum Gasteiger partial charge on any atom is -0.493 e. The predicted molar refractivity (Wildman–Crippen MR) is 69.7 cm³/mol. The zero-order valence-corrected chi connectivity index (χ0v) is 10.3. The summed E-state index contributed by atoms with van der Waals surface area (Å²) in [6, 6.07) is 8.08. The van der Waals surface area contributed by atoms with E-state index in [1.807, 2.05) is 18.2 Å². The Bertz CT molecular complexity index is 399. The normalized spacial score (nSPS) is 16.8. The zero-order chi connectivity index (χ0) is 11.6. The first-order valence-corrected chi connectivity index (χ1v) is 5.99. The average Bonchev–Trinajstić information content (AvgIpc) is 2.96. The molecule has 0 unspecified atom stereocenters. The molecule has 3 heteroatoms. The van der Waals surface area contributed by atoms with Crippen LogP contribution < -0.4 is 10.5 Å². The minimum absolute atomic E-state index is 0.230. The van der Waals surface area contributed by atoms with Crippen molar-refractivity contribution in [2.75, 3.05) is 6.61 Å². The monoisotopic (exact) mass is 235 g/mol. The fourth-order valence-electron chi connectivity index (χ4n) is 1.87. The van der Waals surface area contributed by atoms with E-state index in [-0.39, 0.29) is 5.41 Å². The third-order valence-corrected chi connectivity index (χ3v) is 3.28. The molecule has 0 amide bonds.